The van der Waals surface area contributed by atoms with Crippen LogP contribution in [0.2, 0.25) is 0 Å². The number of hydrogen-bond acceptors (Lipinski definition) is 2. The van der Waals surface area contributed by atoms with Crippen molar-refractivity contribution in [2.75, 3.05) is 0 Å². The highest BCUT2D eigenvalue weighted by Gasteiger charge is 2.32. The fourth-order valence-corrected chi connectivity index (χ4v) is 3.19. The van der Waals surface area contributed by atoms with E-state index in [2.05, 4.69) is 24.4 Å². The lowest BCUT2D eigenvalue weighted by atomic mass is 9.87. The Bertz CT molecular complexity index is 870. The van der Waals surface area contributed by atoms with Gasteiger partial charge in [-0.15, -0.1) is 0 Å². The highest BCUT2D eigenvalue weighted by molar-refractivity contribution is 5.89. The van der Waals surface area contributed by atoms with Gasteiger partial charge in [0.1, 0.15) is 11.5 Å². The minimum absolute atomic E-state index is 0.0104. The summed E-state index contributed by atoms with van der Waals surface area (Å²) >= 11 is 0. The molecule has 1 heterocycles. The summed E-state index contributed by atoms with van der Waals surface area (Å²) in [4.78, 5) is 13.0. The molecule has 25 heavy (non-hydrogen) atoms. The molecule has 1 aliphatic heterocycles. The Morgan fingerprint density at radius 1 is 0.880 bits per heavy atom. The summed E-state index contributed by atoms with van der Waals surface area (Å²) in [5.74, 6) is 1.13. The number of ether oxygens (including phenoxy) is 1. The van der Waals surface area contributed by atoms with E-state index in [4.69, 9.17) is 4.74 Å². The molecule has 3 aromatic rings. The number of hydrogen-bond donors (Lipinski definition) is 1. The summed E-state index contributed by atoms with van der Waals surface area (Å²) in [7, 11) is 0. The largest absolute Gasteiger partial charge is 0.457 e. The second-order valence-corrected chi connectivity index (χ2v) is 6.31. The smallest absolute Gasteiger partial charge is 0.232 e. The van der Waals surface area contributed by atoms with Gasteiger partial charge in [0.05, 0.1) is 5.92 Å². The van der Waals surface area contributed by atoms with Gasteiger partial charge >= 0.3 is 0 Å². The molecule has 0 aromatic heterocycles. The average Bonchev–Trinajstić information content (AvgIpc) is 2.65. The van der Waals surface area contributed by atoms with Gasteiger partial charge in [0.15, 0.2) is 0 Å². The third-order valence-electron chi connectivity index (χ3n) is 4.53. The van der Waals surface area contributed by atoms with Gasteiger partial charge in [-0.3, -0.25) is 4.79 Å². The van der Waals surface area contributed by atoms with E-state index in [-0.39, 0.29) is 11.8 Å². The minimum atomic E-state index is -0.355. The zero-order valence-electron chi connectivity index (χ0n) is 14.0. The SMILES string of the molecule is Cc1ccc(CNC(=O)C2c3ccccc3Oc3ccccc32)cc1. The Labute approximate surface area is 147 Å². The first-order valence-corrected chi connectivity index (χ1v) is 8.41. The van der Waals surface area contributed by atoms with E-state index in [0.717, 1.165) is 28.2 Å². The first-order valence-electron chi connectivity index (χ1n) is 8.41. The summed E-state index contributed by atoms with van der Waals surface area (Å²) in [6.45, 7) is 2.57. The molecule has 0 fully saturated rings. The quantitative estimate of drug-likeness (QED) is 0.765. The van der Waals surface area contributed by atoms with Crippen LogP contribution in [0.5, 0.6) is 11.5 Å². The molecule has 0 saturated carbocycles. The van der Waals surface area contributed by atoms with Crippen LogP contribution in [0.1, 0.15) is 28.2 Å². The van der Waals surface area contributed by atoms with Gasteiger partial charge in [-0.05, 0) is 24.6 Å². The Morgan fingerprint density at radius 3 is 2.04 bits per heavy atom. The molecular weight excluding hydrogens is 310 g/mol. The van der Waals surface area contributed by atoms with Crippen LogP contribution in [-0.2, 0) is 11.3 Å². The lowest BCUT2D eigenvalue weighted by molar-refractivity contribution is -0.122. The van der Waals surface area contributed by atoms with Gasteiger partial charge in [0, 0.05) is 17.7 Å². The Morgan fingerprint density at radius 2 is 1.44 bits per heavy atom. The van der Waals surface area contributed by atoms with Gasteiger partial charge in [0.25, 0.3) is 0 Å². The van der Waals surface area contributed by atoms with Gasteiger partial charge in [0.2, 0.25) is 5.91 Å². The summed E-state index contributed by atoms with van der Waals surface area (Å²) in [5.41, 5.74) is 4.11. The Hall–Kier alpha value is -3.07. The van der Waals surface area contributed by atoms with Crippen LogP contribution in [0, 0.1) is 6.92 Å². The molecular formula is C22H19NO2. The minimum Gasteiger partial charge on any atom is -0.457 e. The summed E-state index contributed by atoms with van der Waals surface area (Å²) in [5, 5.41) is 3.08. The second kappa shape index (κ2) is 6.44. The maximum Gasteiger partial charge on any atom is 0.232 e. The fraction of sp³-hybridized carbons (Fsp3) is 0.136. The zero-order chi connectivity index (χ0) is 17.2. The van der Waals surface area contributed by atoms with Crippen LogP contribution in [0.4, 0.5) is 0 Å². The maximum absolute atomic E-state index is 13.0. The van der Waals surface area contributed by atoms with E-state index in [0.29, 0.717) is 6.54 Å². The van der Waals surface area contributed by atoms with Gasteiger partial charge in [-0.25, -0.2) is 0 Å². The standard InChI is InChI=1S/C22H19NO2/c1-15-10-12-16(13-11-15)14-23-22(24)21-17-6-2-4-8-19(17)25-20-9-5-3-7-18(20)21/h2-13,21H,14H2,1H3,(H,23,24). The molecule has 1 aliphatic rings. The van der Waals surface area contributed by atoms with Gasteiger partial charge in [-0.2, -0.15) is 0 Å². The van der Waals surface area contributed by atoms with Crippen molar-refractivity contribution >= 4 is 5.91 Å². The first kappa shape index (κ1) is 15.5. The molecule has 0 saturated heterocycles. The molecule has 3 heteroatoms. The van der Waals surface area contributed by atoms with Crippen LogP contribution in [-0.4, -0.2) is 5.91 Å². The molecule has 0 spiro atoms. The molecule has 0 atom stereocenters. The molecule has 0 unspecified atom stereocenters. The lowest BCUT2D eigenvalue weighted by Crippen LogP contribution is -2.31. The molecule has 1 amide bonds. The highest BCUT2D eigenvalue weighted by atomic mass is 16.5. The molecule has 0 aliphatic carbocycles. The van der Waals surface area contributed by atoms with Crippen LogP contribution in [0.3, 0.4) is 0 Å². The van der Waals surface area contributed by atoms with Crippen LogP contribution in [0.25, 0.3) is 0 Å². The van der Waals surface area contributed by atoms with E-state index in [1.54, 1.807) is 0 Å². The monoisotopic (exact) mass is 329 g/mol. The normalized spacial score (nSPS) is 12.7. The number of benzene rings is 3. The maximum atomic E-state index is 13.0. The molecule has 0 bridgehead atoms. The number of nitrogens with one attached hydrogen (secondary N) is 1. The van der Waals surface area contributed by atoms with E-state index >= 15 is 0 Å². The van der Waals surface area contributed by atoms with E-state index < -0.39 is 0 Å². The number of amides is 1. The fourth-order valence-electron chi connectivity index (χ4n) is 3.19. The van der Waals surface area contributed by atoms with Crippen LogP contribution < -0.4 is 10.1 Å². The Balaban J connectivity index is 1.62. The van der Waals surface area contributed by atoms with Crippen molar-refractivity contribution in [3.8, 4) is 11.5 Å². The van der Waals surface area contributed by atoms with E-state index in [1.807, 2.05) is 60.7 Å². The summed E-state index contributed by atoms with van der Waals surface area (Å²) < 4.78 is 5.95. The van der Waals surface area contributed by atoms with Crippen molar-refractivity contribution in [1.82, 2.24) is 5.32 Å². The lowest BCUT2D eigenvalue weighted by Gasteiger charge is -2.27. The molecule has 124 valence electrons. The van der Waals surface area contributed by atoms with Crippen molar-refractivity contribution in [3.63, 3.8) is 0 Å². The van der Waals surface area contributed by atoms with E-state index in [9.17, 15) is 4.79 Å². The third kappa shape index (κ3) is 3.01. The topological polar surface area (TPSA) is 38.3 Å². The summed E-state index contributed by atoms with van der Waals surface area (Å²) in [6, 6.07) is 23.7. The predicted octanol–water partition coefficient (Wildman–Crippen LogP) is 4.55. The number of carbonyl (C=O) groups is 1. The molecule has 4 rings (SSSR count). The van der Waals surface area contributed by atoms with Crippen LogP contribution in [0.15, 0.2) is 72.8 Å². The van der Waals surface area contributed by atoms with Gasteiger partial charge < -0.3 is 10.1 Å². The predicted molar refractivity (Wildman–Crippen MR) is 97.8 cm³/mol. The molecule has 1 N–H and O–H groups in total. The van der Waals surface area contributed by atoms with Crippen molar-refractivity contribution in [2.45, 2.75) is 19.4 Å². The average molecular weight is 329 g/mol. The van der Waals surface area contributed by atoms with Crippen molar-refractivity contribution in [3.05, 3.63) is 95.1 Å². The molecule has 3 aromatic carbocycles. The number of carbonyl (C=O) groups excluding carboxylic acids is 1. The van der Waals surface area contributed by atoms with Crippen molar-refractivity contribution in [1.29, 1.82) is 0 Å². The molecule has 0 radical (unpaired) electrons. The molecule has 3 nitrogen and oxygen atoms in total. The van der Waals surface area contributed by atoms with Crippen molar-refractivity contribution in [2.24, 2.45) is 0 Å². The number of aryl methyl sites for hydroxylation is 1. The number of rotatable bonds is 3. The van der Waals surface area contributed by atoms with Crippen molar-refractivity contribution < 1.29 is 9.53 Å². The first-order chi connectivity index (χ1) is 12.2. The number of para-hydroxylation sites is 2. The zero-order valence-corrected chi connectivity index (χ0v) is 14.0. The Kier molecular flexibility index (Phi) is 3.98. The van der Waals surface area contributed by atoms with Crippen LogP contribution >= 0.6 is 0 Å². The highest BCUT2D eigenvalue weighted by Crippen LogP contribution is 2.43. The van der Waals surface area contributed by atoms with E-state index in [1.165, 1.54) is 5.56 Å². The summed E-state index contributed by atoms with van der Waals surface area (Å²) in [6.07, 6.45) is 0. The number of fused-ring (bicyclic) bond motifs is 2. The second-order valence-electron chi connectivity index (χ2n) is 6.31. The van der Waals surface area contributed by atoms with Gasteiger partial charge in [-0.1, -0.05) is 66.2 Å². The third-order valence-corrected chi connectivity index (χ3v) is 4.53.